The number of unbranched alkanes of at least 4 members (excludes halogenated alkanes) is 3. The lowest BCUT2D eigenvalue weighted by atomic mass is 10.1. The summed E-state index contributed by atoms with van der Waals surface area (Å²) in [5.41, 5.74) is 5.30. The number of aliphatic hydroxyl groups excluding tert-OH is 1. The number of nitrogens with zero attached hydrogens (tertiary/aromatic N) is 1. The molecule has 1 heterocycles. The molecule has 5 N–H and O–H groups in total. The molecule has 0 spiro atoms. The van der Waals surface area contributed by atoms with Crippen LogP contribution in [0.15, 0.2) is 12.1 Å². The molecule has 8 nitrogen and oxygen atoms in total. The van der Waals surface area contributed by atoms with Crippen LogP contribution in [0, 0.1) is 18.6 Å². The quantitative estimate of drug-likeness (QED) is 0.398. The fourth-order valence-corrected chi connectivity index (χ4v) is 3.36. The van der Waals surface area contributed by atoms with Crippen LogP contribution in [0.4, 0.5) is 18.6 Å². The van der Waals surface area contributed by atoms with Crippen LogP contribution in [0.25, 0.3) is 0 Å². The van der Waals surface area contributed by atoms with E-state index < -0.39 is 30.2 Å². The van der Waals surface area contributed by atoms with Gasteiger partial charge >= 0.3 is 6.03 Å². The third-order valence-corrected chi connectivity index (χ3v) is 4.89. The summed E-state index contributed by atoms with van der Waals surface area (Å²) in [6.07, 6.45) is 3.18. The molecule has 0 saturated heterocycles. The Bertz CT molecular complexity index is 868. The molecule has 30 heavy (non-hydrogen) atoms. The number of hydrogen-bond acceptors (Lipinski definition) is 6. The fourth-order valence-electron chi connectivity index (χ4n) is 2.62. The Balaban J connectivity index is 1.98. The van der Waals surface area contributed by atoms with Crippen molar-refractivity contribution in [3.8, 4) is 5.88 Å². The van der Waals surface area contributed by atoms with Gasteiger partial charge in [0, 0.05) is 13.2 Å². The summed E-state index contributed by atoms with van der Waals surface area (Å²) in [6, 6.07) is 1.78. The van der Waals surface area contributed by atoms with E-state index in [0.29, 0.717) is 18.5 Å². The molecule has 0 aliphatic carbocycles. The van der Waals surface area contributed by atoms with E-state index in [-0.39, 0.29) is 28.6 Å². The SMILES string of the molecule is Cc1cc(F)c(COc2nsc(NC(=O)NCCCCCCO)c2C(N)=O)c(F)c1. The van der Waals surface area contributed by atoms with Gasteiger partial charge in [-0.3, -0.25) is 10.1 Å². The van der Waals surface area contributed by atoms with Crippen LogP contribution in [0.2, 0.25) is 0 Å². The molecule has 164 valence electrons. The Morgan fingerprint density at radius 2 is 1.87 bits per heavy atom. The normalized spacial score (nSPS) is 10.7. The highest BCUT2D eigenvalue weighted by Gasteiger charge is 2.23. The summed E-state index contributed by atoms with van der Waals surface area (Å²) >= 11 is 0.766. The maximum atomic E-state index is 14.0. The molecule has 1 aromatic carbocycles. The van der Waals surface area contributed by atoms with Gasteiger partial charge in [-0.05, 0) is 49.0 Å². The number of primary amides is 1. The summed E-state index contributed by atoms with van der Waals surface area (Å²) in [7, 11) is 0. The Morgan fingerprint density at radius 3 is 2.50 bits per heavy atom. The van der Waals surface area contributed by atoms with Crippen molar-refractivity contribution in [2.24, 2.45) is 5.73 Å². The van der Waals surface area contributed by atoms with Crippen molar-refractivity contribution >= 4 is 28.5 Å². The highest BCUT2D eigenvalue weighted by molar-refractivity contribution is 7.11. The molecule has 0 bridgehead atoms. The van der Waals surface area contributed by atoms with E-state index >= 15 is 0 Å². The molecule has 0 fully saturated rings. The number of benzene rings is 1. The van der Waals surface area contributed by atoms with Crippen LogP contribution >= 0.6 is 11.5 Å². The predicted molar refractivity (Wildman–Crippen MR) is 109 cm³/mol. The van der Waals surface area contributed by atoms with Gasteiger partial charge in [0.05, 0.1) is 5.56 Å². The van der Waals surface area contributed by atoms with Crippen molar-refractivity contribution in [3.63, 3.8) is 0 Å². The molecule has 0 atom stereocenters. The molecule has 0 aliphatic heterocycles. The number of halogens is 2. The first-order chi connectivity index (χ1) is 14.3. The fraction of sp³-hybridized carbons (Fsp3) is 0.421. The molecule has 2 aromatic rings. The lowest BCUT2D eigenvalue weighted by Crippen LogP contribution is -2.30. The number of nitrogens with two attached hydrogens (primary N) is 1. The standard InChI is InChI=1S/C19H24F2N4O4S/c1-11-8-13(20)12(14(21)9-11)10-29-17-15(16(22)27)18(30-25-17)24-19(28)23-6-4-2-3-5-7-26/h8-9,26H,2-7,10H2,1H3,(H2,22,27)(H2,23,24,28). The zero-order valence-corrected chi connectivity index (χ0v) is 17.3. The number of urea groups is 1. The van der Waals surface area contributed by atoms with Gasteiger partial charge in [0.15, 0.2) is 0 Å². The van der Waals surface area contributed by atoms with Crippen LogP contribution in [0.1, 0.15) is 47.2 Å². The molecule has 0 saturated carbocycles. The van der Waals surface area contributed by atoms with E-state index in [1.165, 1.54) is 12.1 Å². The number of carbonyl (C=O) groups excluding carboxylic acids is 2. The van der Waals surface area contributed by atoms with E-state index in [4.69, 9.17) is 15.6 Å². The lowest BCUT2D eigenvalue weighted by molar-refractivity contribution is 0.0996. The Kier molecular flexibility index (Phi) is 8.93. The zero-order valence-electron chi connectivity index (χ0n) is 16.5. The Morgan fingerprint density at radius 1 is 1.20 bits per heavy atom. The van der Waals surface area contributed by atoms with Crippen LogP contribution in [-0.4, -0.2) is 34.6 Å². The molecule has 11 heteroatoms. The van der Waals surface area contributed by atoms with Crippen LogP contribution in [0.3, 0.4) is 0 Å². The van der Waals surface area contributed by atoms with Crippen molar-refractivity contribution in [2.45, 2.75) is 39.2 Å². The summed E-state index contributed by atoms with van der Waals surface area (Å²) in [4.78, 5) is 23.8. The first-order valence-electron chi connectivity index (χ1n) is 9.36. The molecular formula is C19H24F2N4O4S. The van der Waals surface area contributed by atoms with Crippen molar-refractivity contribution < 1.29 is 28.2 Å². The number of aryl methyl sites for hydroxylation is 1. The molecule has 0 unspecified atom stereocenters. The smallest absolute Gasteiger partial charge is 0.319 e. The predicted octanol–water partition coefficient (Wildman–Crippen LogP) is 3.08. The molecule has 3 amide bonds. The molecule has 2 rings (SSSR count). The number of aromatic nitrogens is 1. The highest BCUT2D eigenvalue weighted by atomic mass is 32.1. The average Bonchev–Trinajstić information content (AvgIpc) is 3.06. The summed E-state index contributed by atoms with van der Waals surface area (Å²) in [5, 5.41) is 13.9. The Labute approximate surface area is 176 Å². The van der Waals surface area contributed by atoms with Crippen LogP contribution < -0.4 is 21.1 Å². The topological polar surface area (TPSA) is 127 Å². The van der Waals surface area contributed by atoms with Gasteiger partial charge in [-0.25, -0.2) is 13.6 Å². The van der Waals surface area contributed by atoms with E-state index in [1.807, 2.05) is 0 Å². The van der Waals surface area contributed by atoms with Gasteiger partial charge in [0.1, 0.15) is 28.8 Å². The van der Waals surface area contributed by atoms with Crippen LogP contribution in [0.5, 0.6) is 5.88 Å². The number of ether oxygens (including phenoxy) is 1. The molecular weight excluding hydrogens is 418 g/mol. The monoisotopic (exact) mass is 442 g/mol. The van der Waals surface area contributed by atoms with Crippen molar-refractivity contribution in [1.82, 2.24) is 9.69 Å². The average molecular weight is 442 g/mol. The molecule has 0 aliphatic rings. The second-order valence-corrected chi connectivity index (χ2v) is 7.34. The molecule has 1 aromatic heterocycles. The number of amides is 3. The van der Waals surface area contributed by atoms with E-state index in [1.54, 1.807) is 6.92 Å². The minimum absolute atomic E-state index is 0.0696. The second kappa shape index (κ2) is 11.4. The number of nitrogens with one attached hydrogen (secondary N) is 2. The van der Waals surface area contributed by atoms with Crippen molar-refractivity contribution in [1.29, 1.82) is 0 Å². The maximum Gasteiger partial charge on any atom is 0.319 e. The van der Waals surface area contributed by atoms with E-state index in [0.717, 1.165) is 30.8 Å². The largest absolute Gasteiger partial charge is 0.471 e. The summed E-state index contributed by atoms with van der Waals surface area (Å²) in [5.74, 6) is -2.67. The lowest BCUT2D eigenvalue weighted by Gasteiger charge is -2.09. The van der Waals surface area contributed by atoms with E-state index in [2.05, 4.69) is 15.0 Å². The zero-order chi connectivity index (χ0) is 22.1. The number of carbonyl (C=O) groups is 2. The maximum absolute atomic E-state index is 14.0. The van der Waals surface area contributed by atoms with Gasteiger partial charge in [-0.1, -0.05) is 12.8 Å². The number of aliphatic hydroxyl groups is 1. The minimum Gasteiger partial charge on any atom is -0.471 e. The summed E-state index contributed by atoms with van der Waals surface area (Å²) < 4.78 is 37.1. The van der Waals surface area contributed by atoms with Gasteiger partial charge in [0.25, 0.3) is 5.91 Å². The first kappa shape index (κ1) is 23.5. The van der Waals surface area contributed by atoms with Gasteiger partial charge < -0.3 is 20.9 Å². The highest BCUT2D eigenvalue weighted by Crippen LogP contribution is 2.31. The Hall–Kier alpha value is -2.79. The second-order valence-electron chi connectivity index (χ2n) is 6.57. The number of rotatable bonds is 11. The minimum atomic E-state index is -0.900. The van der Waals surface area contributed by atoms with Crippen molar-refractivity contribution in [3.05, 3.63) is 40.5 Å². The molecule has 0 radical (unpaired) electrons. The van der Waals surface area contributed by atoms with Crippen molar-refractivity contribution in [2.75, 3.05) is 18.5 Å². The van der Waals surface area contributed by atoms with Gasteiger partial charge in [-0.15, -0.1) is 0 Å². The van der Waals surface area contributed by atoms with Crippen LogP contribution in [-0.2, 0) is 6.61 Å². The van der Waals surface area contributed by atoms with E-state index in [9.17, 15) is 18.4 Å². The number of anilines is 1. The first-order valence-corrected chi connectivity index (χ1v) is 10.1. The third-order valence-electron chi connectivity index (χ3n) is 4.14. The van der Waals surface area contributed by atoms with Gasteiger partial charge in [0.2, 0.25) is 5.88 Å². The number of hydrogen-bond donors (Lipinski definition) is 4. The third kappa shape index (κ3) is 6.63. The summed E-state index contributed by atoms with van der Waals surface area (Å²) in [6.45, 7) is 1.61. The van der Waals surface area contributed by atoms with Gasteiger partial charge in [-0.2, -0.15) is 4.37 Å².